The molecule has 0 radical (unpaired) electrons. The molecule has 162 valence electrons. The molecule has 0 aliphatic carbocycles. The molecular formula is C23H32N4O2S. The highest BCUT2D eigenvalue weighted by atomic mass is 32.1. The van der Waals surface area contributed by atoms with E-state index >= 15 is 0 Å². The minimum atomic E-state index is -0.280. The first-order chi connectivity index (χ1) is 14.5. The Bertz CT molecular complexity index is 799. The molecule has 30 heavy (non-hydrogen) atoms. The van der Waals surface area contributed by atoms with Crippen molar-refractivity contribution in [3.8, 4) is 0 Å². The maximum atomic E-state index is 12.4. The van der Waals surface area contributed by atoms with Crippen molar-refractivity contribution in [1.82, 2.24) is 20.4 Å². The summed E-state index contributed by atoms with van der Waals surface area (Å²) >= 11 is 1.55. The Labute approximate surface area is 183 Å². The van der Waals surface area contributed by atoms with Crippen LogP contribution in [0.2, 0.25) is 0 Å². The molecule has 2 N–H and O–H groups in total. The van der Waals surface area contributed by atoms with Crippen LogP contribution in [-0.2, 0) is 22.7 Å². The summed E-state index contributed by atoms with van der Waals surface area (Å²) in [7, 11) is 0. The van der Waals surface area contributed by atoms with E-state index in [0.717, 1.165) is 49.7 Å². The van der Waals surface area contributed by atoms with Gasteiger partial charge in [0.1, 0.15) is 0 Å². The highest BCUT2D eigenvalue weighted by molar-refractivity contribution is 7.10. The van der Waals surface area contributed by atoms with E-state index in [1.54, 1.807) is 11.3 Å². The monoisotopic (exact) mass is 428 g/mol. The number of nitrogens with zero attached hydrogens (tertiary/aromatic N) is 2. The zero-order valence-corrected chi connectivity index (χ0v) is 18.7. The van der Waals surface area contributed by atoms with Gasteiger partial charge in [0.05, 0.1) is 12.5 Å². The van der Waals surface area contributed by atoms with Crippen molar-refractivity contribution < 1.29 is 9.59 Å². The zero-order valence-electron chi connectivity index (χ0n) is 17.9. The second kappa shape index (κ2) is 11.2. The van der Waals surface area contributed by atoms with Crippen LogP contribution >= 0.6 is 11.3 Å². The minimum absolute atomic E-state index is 0.0694. The van der Waals surface area contributed by atoms with E-state index in [4.69, 9.17) is 0 Å². The molecule has 6 nitrogen and oxygen atoms in total. The predicted octanol–water partition coefficient (Wildman–Crippen LogP) is 2.77. The Morgan fingerprint density at radius 1 is 1.03 bits per heavy atom. The SMILES string of the molecule is CCN1CCN(Cc2ccc(CNC(=O)CC(NC(C)=O)c3cccs3)cc2)CC1. The number of hydrogen-bond acceptors (Lipinski definition) is 5. The molecule has 2 heterocycles. The Morgan fingerprint density at radius 2 is 1.70 bits per heavy atom. The van der Waals surface area contributed by atoms with E-state index in [2.05, 4.69) is 51.6 Å². The van der Waals surface area contributed by atoms with Crippen LogP contribution in [0.5, 0.6) is 0 Å². The Morgan fingerprint density at radius 3 is 2.30 bits per heavy atom. The third kappa shape index (κ3) is 6.93. The minimum Gasteiger partial charge on any atom is -0.352 e. The maximum absolute atomic E-state index is 12.4. The van der Waals surface area contributed by atoms with Crippen molar-refractivity contribution in [3.05, 3.63) is 57.8 Å². The average Bonchev–Trinajstić information content (AvgIpc) is 3.28. The van der Waals surface area contributed by atoms with Gasteiger partial charge in [-0.3, -0.25) is 14.5 Å². The normalized spacial score (nSPS) is 16.2. The summed E-state index contributed by atoms with van der Waals surface area (Å²) in [6.45, 7) is 10.8. The quantitative estimate of drug-likeness (QED) is 0.645. The van der Waals surface area contributed by atoms with Crippen LogP contribution < -0.4 is 10.6 Å². The number of likely N-dealkylation sites (N-methyl/N-ethyl adjacent to an activating group) is 1. The summed E-state index contributed by atoms with van der Waals surface area (Å²) in [5, 5.41) is 7.79. The lowest BCUT2D eigenvalue weighted by Crippen LogP contribution is -2.45. The third-order valence-corrected chi connectivity index (χ3v) is 6.47. The maximum Gasteiger partial charge on any atom is 0.222 e. The van der Waals surface area contributed by atoms with Crippen molar-refractivity contribution in [1.29, 1.82) is 0 Å². The number of hydrogen-bond donors (Lipinski definition) is 2. The number of thiophene rings is 1. The second-order valence-corrected chi connectivity index (χ2v) is 8.76. The first-order valence-electron chi connectivity index (χ1n) is 10.6. The molecule has 0 spiro atoms. The molecule has 1 unspecified atom stereocenters. The van der Waals surface area contributed by atoms with E-state index < -0.39 is 0 Å². The van der Waals surface area contributed by atoms with Gasteiger partial charge in [-0.15, -0.1) is 11.3 Å². The van der Waals surface area contributed by atoms with Gasteiger partial charge in [-0.05, 0) is 29.1 Å². The van der Waals surface area contributed by atoms with Gasteiger partial charge >= 0.3 is 0 Å². The second-order valence-electron chi connectivity index (χ2n) is 7.78. The van der Waals surface area contributed by atoms with Crippen LogP contribution in [0.25, 0.3) is 0 Å². The van der Waals surface area contributed by atoms with Gasteiger partial charge in [-0.25, -0.2) is 0 Å². The molecule has 1 fully saturated rings. The number of carbonyl (C=O) groups is 2. The van der Waals surface area contributed by atoms with E-state index in [1.807, 2.05) is 17.5 Å². The highest BCUT2D eigenvalue weighted by Gasteiger charge is 2.18. The lowest BCUT2D eigenvalue weighted by atomic mass is 10.1. The molecule has 1 saturated heterocycles. The van der Waals surface area contributed by atoms with E-state index in [1.165, 1.54) is 12.5 Å². The van der Waals surface area contributed by atoms with Crippen LogP contribution in [0.3, 0.4) is 0 Å². The molecule has 2 aromatic rings. The van der Waals surface area contributed by atoms with E-state index in [0.29, 0.717) is 6.54 Å². The molecule has 1 aromatic carbocycles. The van der Waals surface area contributed by atoms with Crippen LogP contribution in [0.4, 0.5) is 0 Å². The fourth-order valence-electron chi connectivity index (χ4n) is 3.70. The van der Waals surface area contributed by atoms with Gasteiger partial charge in [0, 0.05) is 51.1 Å². The molecule has 0 saturated carbocycles. The van der Waals surface area contributed by atoms with Gasteiger partial charge in [-0.1, -0.05) is 37.3 Å². The molecule has 1 aromatic heterocycles. The lowest BCUT2D eigenvalue weighted by Gasteiger charge is -2.34. The predicted molar refractivity (Wildman–Crippen MR) is 121 cm³/mol. The van der Waals surface area contributed by atoms with Gasteiger partial charge in [0.15, 0.2) is 0 Å². The van der Waals surface area contributed by atoms with Gasteiger partial charge < -0.3 is 15.5 Å². The first-order valence-corrected chi connectivity index (χ1v) is 11.5. The fourth-order valence-corrected chi connectivity index (χ4v) is 4.48. The molecular weight excluding hydrogens is 396 g/mol. The highest BCUT2D eigenvalue weighted by Crippen LogP contribution is 2.22. The summed E-state index contributed by atoms with van der Waals surface area (Å²) in [5.74, 6) is -0.201. The van der Waals surface area contributed by atoms with E-state index in [9.17, 15) is 9.59 Å². The molecule has 1 atom stereocenters. The van der Waals surface area contributed by atoms with Crippen LogP contribution in [0, 0.1) is 0 Å². The summed E-state index contributed by atoms with van der Waals surface area (Å²) in [6, 6.07) is 12.1. The summed E-state index contributed by atoms with van der Waals surface area (Å²) in [4.78, 5) is 29.9. The molecule has 7 heteroatoms. The summed E-state index contributed by atoms with van der Waals surface area (Å²) < 4.78 is 0. The standard InChI is InChI=1S/C23H32N4O2S/c1-3-26-10-12-27(13-11-26)17-20-8-6-19(7-9-20)16-24-23(29)15-21(25-18(2)28)22-5-4-14-30-22/h4-9,14,21H,3,10-13,15-17H2,1-2H3,(H,24,29)(H,25,28). The smallest absolute Gasteiger partial charge is 0.222 e. The van der Waals surface area contributed by atoms with Gasteiger partial charge in [0.25, 0.3) is 0 Å². The van der Waals surface area contributed by atoms with Crippen LogP contribution in [0.1, 0.15) is 42.3 Å². The molecule has 3 rings (SSSR count). The van der Waals surface area contributed by atoms with Crippen LogP contribution in [-0.4, -0.2) is 54.3 Å². The zero-order chi connectivity index (χ0) is 21.3. The number of rotatable bonds is 9. The number of nitrogens with one attached hydrogen (secondary N) is 2. The largest absolute Gasteiger partial charge is 0.352 e. The van der Waals surface area contributed by atoms with Crippen molar-refractivity contribution in [2.75, 3.05) is 32.7 Å². The van der Waals surface area contributed by atoms with Crippen molar-refractivity contribution in [2.24, 2.45) is 0 Å². The fraction of sp³-hybridized carbons (Fsp3) is 0.478. The molecule has 0 bridgehead atoms. The number of carbonyl (C=O) groups excluding carboxylic acids is 2. The molecule has 1 aliphatic heterocycles. The Balaban J connectivity index is 1.45. The Kier molecular flexibility index (Phi) is 8.42. The first kappa shape index (κ1) is 22.5. The van der Waals surface area contributed by atoms with Crippen molar-refractivity contribution >= 4 is 23.2 Å². The van der Waals surface area contributed by atoms with Crippen LogP contribution in [0.15, 0.2) is 41.8 Å². The van der Waals surface area contributed by atoms with Crippen molar-refractivity contribution in [3.63, 3.8) is 0 Å². The van der Waals surface area contributed by atoms with Gasteiger partial charge in [0.2, 0.25) is 11.8 Å². The third-order valence-electron chi connectivity index (χ3n) is 5.48. The summed E-state index contributed by atoms with van der Waals surface area (Å²) in [5.41, 5.74) is 2.38. The number of amides is 2. The lowest BCUT2D eigenvalue weighted by molar-refractivity contribution is -0.122. The van der Waals surface area contributed by atoms with Gasteiger partial charge in [-0.2, -0.15) is 0 Å². The number of benzene rings is 1. The average molecular weight is 429 g/mol. The summed E-state index contributed by atoms with van der Waals surface area (Å²) in [6.07, 6.45) is 0.238. The number of piperazine rings is 1. The molecule has 2 amide bonds. The molecule has 1 aliphatic rings. The topological polar surface area (TPSA) is 64.7 Å². The van der Waals surface area contributed by atoms with Crippen molar-refractivity contribution in [2.45, 2.75) is 39.4 Å². The van der Waals surface area contributed by atoms with E-state index in [-0.39, 0.29) is 24.3 Å². The Hall–Kier alpha value is -2.22.